The van der Waals surface area contributed by atoms with Crippen molar-refractivity contribution in [2.75, 3.05) is 16.1 Å². The van der Waals surface area contributed by atoms with Crippen molar-refractivity contribution < 1.29 is 14.4 Å². The van der Waals surface area contributed by atoms with E-state index in [1.54, 1.807) is 42.5 Å². The molecule has 172 valence electrons. The predicted octanol–water partition coefficient (Wildman–Crippen LogP) is 5.74. The van der Waals surface area contributed by atoms with E-state index in [1.807, 2.05) is 38.1 Å². The van der Waals surface area contributed by atoms with Gasteiger partial charge in [0.05, 0.1) is 5.52 Å². The molecule has 0 spiro atoms. The number of carbonyl (C=O) groups is 3. The van der Waals surface area contributed by atoms with Crippen molar-refractivity contribution in [1.82, 2.24) is 4.68 Å². The molecule has 0 bridgehead atoms. The standard InChI is InChI=1S/C25H20Br2N4O3/c1-14-5-3-4-6-20(14)29-23(32)22-13-16-12-17(26)7-10-21(16)31(22)30-25(34)24(33)28-18-8-9-19(27)15(2)11-18/h3-13H,1-2H3,(H,28,33)(H,29,32)(H,30,34). The second-order valence-electron chi connectivity index (χ2n) is 7.70. The van der Waals surface area contributed by atoms with Gasteiger partial charge in [0.1, 0.15) is 5.69 Å². The summed E-state index contributed by atoms with van der Waals surface area (Å²) in [6.45, 7) is 3.77. The van der Waals surface area contributed by atoms with Crippen LogP contribution in [0, 0.1) is 13.8 Å². The number of rotatable bonds is 4. The van der Waals surface area contributed by atoms with Gasteiger partial charge in [-0.1, -0.05) is 50.1 Å². The van der Waals surface area contributed by atoms with Crippen LogP contribution >= 0.6 is 31.9 Å². The summed E-state index contributed by atoms with van der Waals surface area (Å²) in [6, 6.07) is 19.6. The van der Waals surface area contributed by atoms with Crippen LogP contribution in [0.25, 0.3) is 10.9 Å². The first-order chi connectivity index (χ1) is 16.2. The topological polar surface area (TPSA) is 92.2 Å². The summed E-state index contributed by atoms with van der Waals surface area (Å²) in [6.07, 6.45) is 0. The average molecular weight is 584 g/mol. The maximum absolute atomic E-state index is 13.2. The molecule has 9 heteroatoms. The van der Waals surface area contributed by atoms with Gasteiger partial charge in [-0.15, -0.1) is 0 Å². The zero-order valence-corrected chi connectivity index (χ0v) is 21.5. The number of carbonyl (C=O) groups excluding carboxylic acids is 3. The van der Waals surface area contributed by atoms with Gasteiger partial charge in [-0.25, -0.2) is 4.68 Å². The molecule has 0 unspecified atom stereocenters. The highest BCUT2D eigenvalue weighted by atomic mass is 79.9. The van der Waals surface area contributed by atoms with Crippen LogP contribution in [-0.2, 0) is 9.59 Å². The SMILES string of the molecule is Cc1cc(NC(=O)C(=O)Nn2c(C(=O)Nc3ccccc3C)cc3cc(Br)ccc32)ccc1Br. The van der Waals surface area contributed by atoms with Crippen LogP contribution < -0.4 is 16.1 Å². The van der Waals surface area contributed by atoms with Crippen LogP contribution in [0.4, 0.5) is 11.4 Å². The van der Waals surface area contributed by atoms with Gasteiger partial charge >= 0.3 is 11.8 Å². The Kier molecular flexibility index (Phi) is 6.85. The number of amides is 3. The average Bonchev–Trinajstić information content (AvgIpc) is 3.15. The van der Waals surface area contributed by atoms with Crippen molar-refractivity contribution in [2.45, 2.75) is 13.8 Å². The van der Waals surface area contributed by atoms with Gasteiger partial charge in [0.25, 0.3) is 5.91 Å². The van der Waals surface area contributed by atoms with Crippen molar-refractivity contribution in [2.24, 2.45) is 0 Å². The van der Waals surface area contributed by atoms with Gasteiger partial charge < -0.3 is 10.6 Å². The molecule has 3 amide bonds. The summed E-state index contributed by atoms with van der Waals surface area (Å²) in [5.74, 6) is -2.19. The third kappa shape index (κ3) is 5.05. The Morgan fingerprint density at radius 3 is 2.29 bits per heavy atom. The molecule has 3 aromatic carbocycles. The third-order valence-corrected chi connectivity index (χ3v) is 6.61. The fourth-order valence-electron chi connectivity index (χ4n) is 3.44. The Balaban J connectivity index is 1.63. The van der Waals surface area contributed by atoms with E-state index in [0.717, 1.165) is 20.1 Å². The molecule has 1 heterocycles. The maximum atomic E-state index is 13.2. The molecule has 0 saturated heterocycles. The van der Waals surface area contributed by atoms with Gasteiger partial charge in [-0.3, -0.25) is 19.8 Å². The molecule has 0 atom stereocenters. The molecule has 3 N–H and O–H groups in total. The van der Waals surface area contributed by atoms with Crippen LogP contribution in [0.5, 0.6) is 0 Å². The Morgan fingerprint density at radius 2 is 1.56 bits per heavy atom. The first-order valence-corrected chi connectivity index (χ1v) is 11.9. The number of anilines is 2. The number of hydrogen-bond acceptors (Lipinski definition) is 3. The number of nitrogens with one attached hydrogen (secondary N) is 3. The minimum atomic E-state index is -0.911. The molecule has 1 aromatic heterocycles. The minimum Gasteiger partial charge on any atom is -0.320 e. The van der Waals surface area contributed by atoms with Crippen LogP contribution in [0.1, 0.15) is 21.6 Å². The first kappa shape index (κ1) is 23.7. The Bertz CT molecular complexity index is 1450. The van der Waals surface area contributed by atoms with Crippen LogP contribution in [0.2, 0.25) is 0 Å². The van der Waals surface area contributed by atoms with Gasteiger partial charge in [-0.05, 0) is 73.5 Å². The van der Waals surface area contributed by atoms with Crippen LogP contribution in [-0.4, -0.2) is 22.4 Å². The Hall–Kier alpha value is -3.43. The minimum absolute atomic E-state index is 0.178. The van der Waals surface area contributed by atoms with E-state index >= 15 is 0 Å². The van der Waals surface area contributed by atoms with Crippen LogP contribution in [0.3, 0.4) is 0 Å². The maximum Gasteiger partial charge on any atom is 0.328 e. The summed E-state index contributed by atoms with van der Waals surface area (Å²) in [4.78, 5) is 38.5. The van der Waals surface area contributed by atoms with E-state index in [-0.39, 0.29) is 5.69 Å². The Morgan fingerprint density at radius 1 is 0.794 bits per heavy atom. The van der Waals surface area contributed by atoms with E-state index in [9.17, 15) is 14.4 Å². The highest BCUT2D eigenvalue weighted by molar-refractivity contribution is 9.10. The third-order valence-electron chi connectivity index (χ3n) is 5.22. The Labute approximate surface area is 212 Å². The second kappa shape index (κ2) is 9.82. The zero-order valence-electron chi connectivity index (χ0n) is 18.3. The number of hydrogen-bond donors (Lipinski definition) is 3. The molecule has 0 saturated carbocycles. The second-order valence-corrected chi connectivity index (χ2v) is 9.47. The number of halogens is 2. The van der Waals surface area contributed by atoms with Gasteiger partial charge in [-0.2, -0.15) is 0 Å². The molecular weight excluding hydrogens is 564 g/mol. The fourth-order valence-corrected chi connectivity index (χ4v) is 4.06. The lowest BCUT2D eigenvalue weighted by Crippen LogP contribution is -2.36. The molecule has 34 heavy (non-hydrogen) atoms. The van der Waals surface area contributed by atoms with Crippen molar-refractivity contribution in [3.8, 4) is 0 Å². The van der Waals surface area contributed by atoms with Gasteiger partial charge in [0.15, 0.2) is 0 Å². The normalized spacial score (nSPS) is 10.7. The molecule has 0 radical (unpaired) electrons. The summed E-state index contributed by atoms with van der Waals surface area (Å²) < 4.78 is 3.03. The molecule has 4 rings (SSSR count). The summed E-state index contributed by atoms with van der Waals surface area (Å²) in [5.41, 5.74) is 6.26. The summed E-state index contributed by atoms with van der Waals surface area (Å²) >= 11 is 6.83. The lowest BCUT2D eigenvalue weighted by molar-refractivity contribution is -0.133. The summed E-state index contributed by atoms with van der Waals surface area (Å²) in [7, 11) is 0. The molecule has 4 aromatic rings. The lowest BCUT2D eigenvalue weighted by atomic mass is 10.2. The molecule has 7 nitrogen and oxygen atoms in total. The number of fused-ring (bicyclic) bond motifs is 1. The molecule has 0 aliphatic heterocycles. The molecule has 0 aliphatic carbocycles. The van der Waals surface area contributed by atoms with Crippen molar-refractivity contribution in [3.05, 3.63) is 92.5 Å². The number of nitrogens with zero attached hydrogens (tertiary/aromatic N) is 1. The van der Waals surface area contributed by atoms with Crippen LogP contribution in [0.15, 0.2) is 75.7 Å². The highest BCUT2D eigenvalue weighted by Gasteiger charge is 2.21. The molecule has 0 fully saturated rings. The van der Waals surface area contributed by atoms with E-state index in [0.29, 0.717) is 22.3 Å². The fraction of sp³-hybridized carbons (Fsp3) is 0.0800. The quantitative estimate of drug-likeness (QED) is 0.267. The van der Waals surface area contributed by atoms with E-state index in [1.165, 1.54) is 4.68 Å². The van der Waals surface area contributed by atoms with E-state index in [2.05, 4.69) is 47.9 Å². The largest absolute Gasteiger partial charge is 0.328 e. The number of aryl methyl sites for hydroxylation is 2. The molecule has 0 aliphatic rings. The van der Waals surface area contributed by atoms with E-state index < -0.39 is 17.7 Å². The van der Waals surface area contributed by atoms with Crippen molar-refractivity contribution >= 4 is 71.9 Å². The number of para-hydroxylation sites is 1. The number of benzene rings is 3. The highest BCUT2D eigenvalue weighted by Crippen LogP contribution is 2.25. The lowest BCUT2D eigenvalue weighted by Gasteiger charge is -2.13. The summed E-state index contributed by atoms with van der Waals surface area (Å²) in [5, 5.41) is 6.17. The number of aromatic nitrogens is 1. The monoisotopic (exact) mass is 582 g/mol. The van der Waals surface area contributed by atoms with Crippen molar-refractivity contribution in [1.29, 1.82) is 0 Å². The van der Waals surface area contributed by atoms with Gasteiger partial charge in [0.2, 0.25) is 0 Å². The predicted molar refractivity (Wildman–Crippen MR) is 141 cm³/mol. The van der Waals surface area contributed by atoms with Crippen molar-refractivity contribution in [3.63, 3.8) is 0 Å². The molecular formula is C25H20Br2N4O3. The zero-order chi connectivity index (χ0) is 24.4. The smallest absolute Gasteiger partial charge is 0.320 e. The first-order valence-electron chi connectivity index (χ1n) is 10.3. The van der Waals surface area contributed by atoms with Gasteiger partial charge in [0, 0.05) is 25.7 Å². The van der Waals surface area contributed by atoms with E-state index in [4.69, 9.17) is 0 Å².